The zero-order chi connectivity index (χ0) is 19.3. The largest absolute Gasteiger partial charge is 0.456 e. The SMILES string of the molecule is O=C(CNc1nc2ccc(Cl)cc2[nH]1)Cc1ccc(Oc2cccnc2)cc1. The number of nitrogens with zero attached hydrogens (tertiary/aromatic N) is 2. The summed E-state index contributed by atoms with van der Waals surface area (Å²) in [5.41, 5.74) is 2.54. The molecule has 6 nitrogen and oxygen atoms in total. The van der Waals surface area contributed by atoms with E-state index in [0.29, 0.717) is 28.9 Å². The minimum absolute atomic E-state index is 0.0550. The van der Waals surface area contributed by atoms with Crippen LogP contribution >= 0.6 is 11.6 Å². The maximum atomic E-state index is 12.3. The molecule has 4 rings (SSSR count). The second-order valence-corrected chi connectivity index (χ2v) is 6.69. The predicted octanol–water partition coefficient (Wildman–Crippen LogP) is 4.63. The number of aromatic nitrogens is 3. The quantitative estimate of drug-likeness (QED) is 0.479. The van der Waals surface area contributed by atoms with Gasteiger partial charge in [0, 0.05) is 17.6 Å². The number of H-pyrrole nitrogens is 1. The number of carbonyl (C=O) groups is 1. The number of carbonyl (C=O) groups excluding carboxylic acids is 1. The van der Waals surface area contributed by atoms with Crippen molar-refractivity contribution in [2.75, 3.05) is 11.9 Å². The van der Waals surface area contributed by atoms with Crippen LogP contribution in [-0.4, -0.2) is 27.3 Å². The van der Waals surface area contributed by atoms with Crippen LogP contribution in [0.1, 0.15) is 5.56 Å². The molecule has 0 amide bonds. The normalized spacial score (nSPS) is 10.8. The van der Waals surface area contributed by atoms with Crippen molar-refractivity contribution in [2.45, 2.75) is 6.42 Å². The summed E-state index contributed by atoms with van der Waals surface area (Å²) < 4.78 is 5.70. The van der Waals surface area contributed by atoms with Gasteiger partial charge in [-0.2, -0.15) is 0 Å². The highest BCUT2D eigenvalue weighted by Crippen LogP contribution is 2.21. The monoisotopic (exact) mass is 392 g/mol. The number of imidazole rings is 1. The first-order valence-electron chi connectivity index (χ1n) is 8.73. The number of Topliss-reactive ketones (excluding diaryl/α,β-unsaturated/α-hetero) is 1. The van der Waals surface area contributed by atoms with E-state index in [0.717, 1.165) is 16.6 Å². The van der Waals surface area contributed by atoms with Crippen LogP contribution in [-0.2, 0) is 11.2 Å². The number of benzene rings is 2. The first-order valence-corrected chi connectivity index (χ1v) is 9.11. The fourth-order valence-corrected chi connectivity index (χ4v) is 2.93. The molecule has 0 spiro atoms. The standard InChI is InChI=1S/C21H17ClN4O2/c22-15-5-8-19-20(11-15)26-21(25-19)24-12-16(27)10-14-3-6-17(7-4-14)28-18-2-1-9-23-13-18/h1-9,11,13H,10,12H2,(H2,24,25,26). The minimum Gasteiger partial charge on any atom is -0.456 e. The number of aromatic amines is 1. The molecule has 2 aromatic carbocycles. The van der Waals surface area contributed by atoms with E-state index in [1.54, 1.807) is 24.5 Å². The molecule has 7 heteroatoms. The van der Waals surface area contributed by atoms with Crippen molar-refractivity contribution in [3.63, 3.8) is 0 Å². The summed E-state index contributed by atoms with van der Waals surface area (Å²) in [7, 11) is 0. The van der Waals surface area contributed by atoms with Crippen LogP contribution in [0.5, 0.6) is 11.5 Å². The molecule has 0 radical (unpaired) electrons. The van der Waals surface area contributed by atoms with Crippen LogP contribution in [0.2, 0.25) is 5.02 Å². The Labute approximate surface area is 166 Å². The van der Waals surface area contributed by atoms with Gasteiger partial charge in [-0.3, -0.25) is 9.78 Å². The van der Waals surface area contributed by atoms with Gasteiger partial charge in [0.05, 0.1) is 23.8 Å². The van der Waals surface area contributed by atoms with Gasteiger partial charge < -0.3 is 15.0 Å². The van der Waals surface area contributed by atoms with Crippen molar-refractivity contribution in [3.8, 4) is 11.5 Å². The van der Waals surface area contributed by atoms with Gasteiger partial charge in [-0.25, -0.2) is 4.98 Å². The van der Waals surface area contributed by atoms with E-state index in [-0.39, 0.29) is 12.3 Å². The molecule has 4 aromatic rings. The van der Waals surface area contributed by atoms with Crippen LogP contribution in [0, 0.1) is 0 Å². The molecule has 0 aliphatic carbocycles. The first kappa shape index (κ1) is 18.0. The van der Waals surface area contributed by atoms with E-state index in [9.17, 15) is 4.79 Å². The highest BCUT2D eigenvalue weighted by Gasteiger charge is 2.07. The number of rotatable bonds is 7. The van der Waals surface area contributed by atoms with E-state index in [4.69, 9.17) is 16.3 Å². The van der Waals surface area contributed by atoms with Crippen LogP contribution in [0.3, 0.4) is 0 Å². The van der Waals surface area contributed by atoms with Gasteiger partial charge >= 0.3 is 0 Å². The Balaban J connectivity index is 1.31. The average molecular weight is 393 g/mol. The molecule has 28 heavy (non-hydrogen) atoms. The third kappa shape index (κ3) is 4.47. The van der Waals surface area contributed by atoms with E-state index < -0.39 is 0 Å². The number of hydrogen-bond donors (Lipinski definition) is 2. The Morgan fingerprint density at radius 2 is 1.96 bits per heavy atom. The zero-order valence-corrected chi connectivity index (χ0v) is 15.6. The van der Waals surface area contributed by atoms with Crippen molar-refractivity contribution in [1.82, 2.24) is 15.0 Å². The van der Waals surface area contributed by atoms with E-state index >= 15 is 0 Å². The van der Waals surface area contributed by atoms with Crippen molar-refractivity contribution >= 4 is 34.4 Å². The van der Waals surface area contributed by atoms with Gasteiger partial charge in [0.15, 0.2) is 5.78 Å². The topological polar surface area (TPSA) is 79.9 Å². The number of halogens is 1. The van der Waals surface area contributed by atoms with Crippen LogP contribution < -0.4 is 10.1 Å². The van der Waals surface area contributed by atoms with Gasteiger partial charge in [0.2, 0.25) is 5.95 Å². The van der Waals surface area contributed by atoms with Crippen molar-refractivity contribution in [2.24, 2.45) is 0 Å². The van der Waals surface area contributed by atoms with Gasteiger partial charge in [0.25, 0.3) is 0 Å². The minimum atomic E-state index is 0.0550. The Morgan fingerprint density at radius 3 is 2.75 bits per heavy atom. The summed E-state index contributed by atoms with van der Waals surface area (Å²) in [5, 5.41) is 3.66. The molecule has 140 valence electrons. The molecule has 2 aromatic heterocycles. The van der Waals surface area contributed by atoms with Crippen LogP contribution in [0.15, 0.2) is 67.0 Å². The zero-order valence-electron chi connectivity index (χ0n) is 14.9. The fraction of sp³-hybridized carbons (Fsp3) is 0.0952. The van der Waals surface area contributed by atoms with Crippen molar-refractivity contribution < 1.29 is 9.53 Å². The molecule has 0 aliphatic rings. The number of hydrogen-bond acceptors (Lipinski definition) is 5. The number of ether oxygens (including phenoxy) is 1. The molecular formula is C21H17ClN4O2. The number of anilines is 1. The average Bonchev–Trinajstić information content (AvgIpc) is 3.11. The second kappa shape index (κ2) is 8.10. The molecule has 2 N–H and O–H groups in total. The smallest absolute Gasteiger partial charge is 0.201 e. The maximum absolute atomic E-state index is 12.3. The van der Waals surface area contributed by atoms with Crippen molar-refractivity contribution in [3.05, 3.63) is 77.6 Å². The third-order valence-electron chi connectivity index (χ3n) is 4.09. The predicted molar refractivity (Wildman–Crippen MR) is 109 cm³/mol. The lowest BCUT2D eigenvalue weighted by Gasteiger charge is -2.06. The third-order valence-corrected chi connectivity index (χ3v) is 4.33. The molecule has 0 bridgehead atoms. The molecular weight excluding hydrogens is 376 g/mol. The van der Waals surface area contributed by atoms with Gasteiger partial charge in [0.1, 0.15) is 11.5 Å². The van der Waals surface area contributed by atoms with Crippen LogP contribution in [0.4, 0.5) is 5.95 Å². The lowest BCUT2D eigenvalue weighted by molar-refractivity contribution is -0.116. The van der Waals surface area contributed by atoms with Gasteiger partial charge in [-0.15, -0.1) is 0 Å². The first-order chi connectivity index (χ1) is 13.7. The van der Waals surface area contributed by atoms with Gasteiger partial charge in [-0.05, 0) is 48.0 Å². The molecule has 0 saturated heterocycles. The van der Waals surface area contributed by atoms with E-state index in [2.05, 4.69) is 20.3 Å². The molecule has 0 unspecified atom stereocenters. The Hall–Kier alpha value is -3.38. The fourth-order valence-electron chi connectivity index (χ4n) is 2.76. The lowest BCUT2D eigenvalue weighted by Crippen LogP contribution is -2.16. The number of nitrogens with one attached hydrogen (secondary N) is 2. The van der Waals surface area contributed by atoms with E-state index in [1.165, 1.54) is 0 Å². The van der Waals surface area contributed by atoms with Gasteiger partial charge in [-0.1, -0.05) is 23.7 Å². The molecule has 0 aliphatic heterocycles. The Kier molecular flexibility index (Phi) is 5.21. The summed E-state index contributed by atoms with van der Waals surface area (Å²) >= 11 is 5.97. The Bertz CT molecular complexity index is 1090. The molecule has 2 heterocycles. The summed E-state index contributed by atoms with van der Waals surface area (Å²) in [4.78, 5) is 23.8. The highest BCUT2D eigenvalue weighted by atomic mass is 35.5. The Morgan fingerprint density at radius 1 is 1.11 bits per heavy atom. The molecule has 0 saturated carbocycles. The number of pyridine rings is 1. The summed E-state index contributed by atoms with van der Waals surface area (Å²) in [5.74, 6) is 1.97. The van der Waals surface area contributed by atoms with Crippen LogP contribution in [0.25, 0.3) is 11.0 Å². The molecule has 0 fully saturated rings. The number of ketones is 1. The second-order valence-electron chi connectivity index (χ2n) is 6.25. The highest BCUT2D eigenvalue weighted by molar-refractivity contribution is 6.31. The summed E-state index contributed by atoms with van der Waals surface area (Å²) in [6.45, 7) is 0.182. The van der Waals surface area contributed by atoms with Crippen molar-refractivity contribution in [1.29, 1.82) is 0 Å². The number of fused-ring (bicyclic) bond motifs is 1. The lowest BCUT2D eigenvalue weighted by atomic mass is 10.1. The summed E-state index contributed by atoms with van der Waals surface area (Å²) in [6, 6.07) is 16.5. The molecule has 0 atom stereocenters. The summed E-state index contributed by atoms with van der Waals surface area (Å²) in [6.07, 6.45) is 3.66. The van der Waals surface area contributed by atoms with E-state index in [1.807, 2.05) is 42.5 Å². The maximum Gasteiger partial charge on any atom is 0.201 e.